The molecule has 0 fully saturated rings. The van der Waals surface area contributed by atoms with Crippen molar-refractivity contribution in [1.29, 1.82) is 0 Å². The van der Waals surface area contributed by atoms with Crippen molar-refractivity contribution >= 4 is 28.9 Å². The summed E-state index contributed by atoms with van der Waals surface area (Å²) in [6.07, 6.45) is 2.01. The summed E-state index contributed by atoms with van der Waals surface area (Å²) in [5.41, 5.74) is 0. The molecule has 0 amide bonds. The van der Waals surface area contributed by atoms with Crippen molar-refractivity contribution in [3.63, 3.8) is 0 Å². The maximum Gasteiger partial charge on any atom is 0.166 e. The van der Waals surface area contributed by atoms with E-state index in [2.05, 4.69) is 16.6 Å². The second-order valence-corrected chi connectivity index (χ2v) is 3.52. The normalized spacial score (nSPS) is 26.0. The van der Waals surface area contributed by atoms with Gasteiger partial charge < -0.3 is 4.72 Å². The molecule has 1 unspecified atom stereocenters. The lowest BCUT2D eigenvalue weighted by Crippen LogP contribution is -2.07. The van der Waals surface area contributed by atoms with Gasteiger partial charge in [0.25, 0.3) is 0 Å². The lowest BCUT2D eigenvalue weighted by atomic mass is 10.4. The SMILES string of the molecule is CSNC1=NC(C)CS1. The van der Waals surface area contributed by atoms with Crippen LogP contribution in [-0.2, 0) is 0 Å². The molecule has 1 atom stereocenters. The maximum atomic E-state index is 4.33. The first-order valence-corrected chi connectivity index (χ1v) is 5.03. The summed E-state index contributed by atoms with van der Waals surface area (Å²) in [6, 6.07) is 0.504. The summed E-state index contributed by atoms with van der Waals surface area (Å²) in [6.45, 7) is 2.13. The standard InChI is InChI=1S/C5H10N2S2/c1-4-3-9-5(6-4)7-8-2/h4H,3H2,1-2H3,(H,6,7). The molecule has 0 spiro atoms. The molecule has 1 N–H and O–H groups in total. The van der Waals surface area contributed by atoms with Crippen molar-refractivity contribution in [3.05, 3.63) is 0 Å². The summed E-state index contributed by atoms with van der Waals surface area (Å²) in [5, 5.41) is 1.08. The van der Waals surface area contributed by atoms with Crippen LogP contribution >= 0.6 is 23.7 Å². The number of nitrogens with one attached hydrogen (secondary N) is 1. The van der Waals surface area contributed by atoms with E-state index in [0.717, 1.165) is 10.9 Å². The Morgan fingerprint density at radius 1 is 1.89 bits per heavy atom. The Hall–Kier alpha value is 0.170. The zero-order valence-electron chi connectivity index (χ0n) is 5.55. The molecule has 0 saturated carbocycles. The zero-order valence-corrected chi connectivity index (χ0v) is 7.18. The smallest absolute Gasteiger partial charge is 0.166 e. The molecule has 1 aliphatic heterocycles. The van der Waals surface area contributed by atoms with Crippen molar-refractivity contribution in [3.8, 4) is 0 Å². The summed E-state index contributed by atoms with van der Waals surface area (Å²) in [4.78, 5) is 4.33. The molecule has 1 heterocycles. The summed E-state index contributed by atoms with van der Waals surface area (Å²) >= 11 is 3.39. The quantitative estimate of drug-likeness (QED) is 0.589. The Kier molecular flexibility index (Phi) is 2.72. The van der Waals surface area contributed by atoms with Crippen molar-refractivity contribution in [2.45, 2.75) is 13.0 Å². The van der Waals surface area contributed by atoms with E-state index in [1.54, 1.807) is 23.7 Å². The minimum atomic E-state index is 0.504. The zero-order chi connectivity index (χ0) is 6.69. The monoisotopic (exact) mass is 162 g/mol. The predicted octanol–water partition coefficient (Wildman–Crippen LogP) is 1.35. The van der Waals surface area contributed by atoms with Crippen molar-refractivity contribution in [1.82, 2.24) is 4.72 Å². The van der Waals surface area contributed by atoms with E-state index in [1.165, 1.54) is 0 Å². The first-order valence-electron chi connectivity index (χ1n) is 2.82. The van der Waals surface area contributed by atoms with Crippen LogP contribution in [0.3, 0.4) is 0 Å². The number of rotatable bonds is 1. The van der Waals surface area contributed by atoms with E-state index >= 15 is 0 Å². The molecule has 0 bridgehead atoms. The fourth-order valence-corrected chi connectivity index (χ4v) is 2.06. The Morgan fingerprint density at radius 3 is 3.11 bits per heavy atom. The van der Waals surface area contributed by atoms with Gasteiger partial charge in [0.2, 0.25) is 0 Å². The molecule has 52 valence electrons. The molecule has 0 aromatic heterocycles. The molecule has 0 radical (unpaired) electrons. The van der Waals surface area contributed by atoms with Crippen molar-refractivity contribution < 1.29 is 0 Å². The van der Waals surface area contributed by atoms with Crippen molar-refractivity contribution in [2.24, 2.45) is 4.99 Å². The molecular weight excluding hydrogens is 152 g/mol. The van der Waals surface area contributed by atoms with Crippen LogP contribution in [0.15, 0.2) is 4.99 Å². The van der Waals surface area contributed by atoms with Gasteiger partial charge in [-0.1, -0.05) is 23.7 Å². The molecule has 9 heavy (non-hydrogen) atoms. The van der Waals surface area contributed by atoms with E-state index < -0.39 is 0 Å². The van der Waals surface area contributed by atoms with Crippen LogP contribution in [0.2, 0.25) is 0 Å². The third kappa shape index (κ3) is 2.10. The van der Waals surface area contributed by atoms with Crippen LogP contribution in [0.4, 0.5) is 0 Å². The van der Waals surface area contributed by atoms with Crippen LogP contribution in [-0.4, -0.2) is 23.2 Å². The highest BCUT2D eigenvalue weighted by Gasteiger charge is 2.12. The van der Waals surface area contributed by atoms with Gasteiger partial charge in [-0.2, -0.15) is 0 Å². The van der Waals surface area contributed by atoms with Gasteiger partial charge in [-0.25, -0.2) is 0 Å². The average Bonchev–Trinajstić information content (AvgIpc) is 2.17. The molecular formula is C5H10N2S2. The van der Waals surface area contributed by atoms with Gasteiger partial charge in [0, 0.05) is 12.0 Å². The van der Waals surface area contributed by atoms with E-state index in [4.69, 9.17) is 0 Å². The second kappa shape index (κ2) is 3.37. The summed E-state index contributed by atoms with van der Waals surface area (Å²) in [5.74, 6) is 1.13. The number of amidine groups is 1. The number of hydrogen-bond donors (Lipinski definition) is 1. The largest absolute Gasteiger partial charge is 0.309 e. The third-order valence-corrected chi connectivity index (χ3v) is 2.64. The Bertz CT molecular complexity index is 124. The molecule has 2 nitrogen and oxygen atoms in total. The number of aliphatic imine (C=N–C) groups is 1. The van der Waals surface area contributed by atoms with Gasteiger partial charge in [-0.15, -0.1) is 0 Å². The highest BCUT2D eigenvalue weighted by molar-refractivity contribution is 8.15. The minimum absolute atomic E-state index is 0.504. The third-order valence-electron chi connectivity index (χ3n) is 0.988. The first-order chi connectivity index (χ1) is 4.33. The van der Waals surface area contributed by atoms with Gasteiger partial charge in [-0.3, -0.25) is 4.99 Å². The predicted molar refractivity (Wildman–Crippen MR) is 46.0 cm³/mol. The van der Waals surface area contributed by atoms with E-state index in [1.807, 2.05) is 6.26 Å². The van der Waals surface area contributed by atoms with Gasteiger partial charge in [0.1, 0.15) is 0 Å². The van der Waals surface area contributed by atoms with Crippen molar-refractivity contribution in [2.75, 3.05) is 12.0 Å². The molecule has 0 aromatic rings. The minimum Gasteiger partial charge on any atom is -0.309 e. The van der Waals surface area contributed by atoms with Gasteiger partial charge in [-0.05, 0) is 6.92 Å². The van der Waals surface area contributed by atoms with Crippen LogP contribution in [0.1, 0.15) is 6.92 Å². The van der Waals surface area contributed by atoms with E-state index in [0.29, 0.717) is 6.04 Å². The lowest BCUT2D eigenvalue weighted by molar-refractivity contribution is 0.863. The number of hydrogen-bond acceptors (Lipinski definition) is 4. The molecule has 1 rings (SSSR count). The Balaban J connectivity index is 2.33. The fraction of sp³-hybridized carbons (Fsp3) is 0.800. The highest BCUT2D eigenvalue weighted by atomic mass is 32.2. The molecule has 0 saturated heterocycles. The maximum absolute atomic E-state index is 4.33. The first kappa shape index (κ1) is 7.28. The van der Waals surface area contributed by atoms with Crippen LogP contribution in [0, 0.1) is 0 Å². The molecule has 0 aliphatic carbocycles. The Labute approximate surface area is 64.0 Å². The fourth-order valence-electron chi connectivity index (χ4n) is 0.617. The van der Waals surface area contributed by atoms with Gasteiger partial charge >= 0.3 is 0 Å². The van der Waals surface area contributed by atoms with Gasteiger partial charge in [0.05, 0.1) is 6.04 Å². The second-order valence-electron chi connectivity index (χ2n) is 1.90. The Morgan fingerprint density at radius 2 is 2.67 bits per heavy atom. The lowest BCUT2D eigenvalue weighted by Gasteiger charge is -1.95. The number of nitrogens with zero attached hydrogens (tertiary/aromatic N) is 1. The van der Waals surface area contributed by atoms with Crippen LogP contribution in [0.5, 0.6) is 0 Å². The number of thioether (sulfide) groups is 1. The van der Waals surface area contributed by atoms with Gasteiger partial charge in [0.15, 0.2) is 5.17 Å². The molecule has 0 aromatic carbocycles. The average molecular weight is 162 g/mol. The summed E-state index contributed by atoms with van der Waals surface area (Å²) in [7, 11) is 0. The molecule has 4 heteroatoms. The topological polar surface area (TPSA) is 24.4 Å². The van der Waals surface area contributed by atoms with E-state index in [-0.39, 0.29) is 0 Å². The summed E-state index contributed by atoms with van der Waals surface area (Å²) < 4.78 is 3.10. The van der Waals surface area contributed by atoms with Crippen LogP contribution < -0.4 is 4.72 Å². The van der Waals surface area contributed by atoms with Crippen LogP contribution in [0.25, 0.3) is 0 Å². The molecule has 1 aliphatic rings. The van der Waals surface area contributed by atoms with E-state index in [9.17, 15) is 0 Å². The highest BCUT2D eigenvalue weighted by Crippen LogP contribution is 2.16.